The Morgan fingerprint density at radius 3 is 2.83 bits per heavy atom. The number of thioether (sulfide) groups is 1. The predicted molar refractivity (Wildman–Crippen MR) is 80.1 cm³/mol. The molecule has 1 heterocycles. The van der Waals surface area contributed by atoms with Gasteiger partial charge in [0, 0.05) is 11.8 Å². The number of aliphatic imine (C=N–C) groups is 1. The molecule has 1 aliphatic heterocycles. The first-order chi connectivity index (χ1) is 8.74. The standard InChI is InChI=1S/C15H26N2S/c1-10-5-3-7-13(11(10)2)16-15-17-14-8-4-6-12(14)9-18-15/h10-14H,3-9H2,1-2H3,(H,16,17). The highest BCUT2D eigenvalue weighted by atomic mass is 32.2. The van der Waals surface area contributed by atoms with Crippen molar-refractivity contribution in [2.75, 3.05) is 5.75 Å². The molecule has 0 bridgehead atoms. The van der Waals surface area contributed by atoms with Gasteiger partial charge < -0.3 is 5.32 Å². The molecule has 5 unspecified atom stereocenters. The van der Waals surface area contributed by atoms with E-state index in [9.17, 15) is 0 Å². The van der Waals surface area contributed by atoms with Crippen LogP contribution in [0.15, 0.2) is 4.99 Å². The van der Waals surface area contributed by atoms with Crippen molar-refractivity contribution in [1.82, 2.24) is 5.32 Å². The molecule has 18 heavy (non-hydrogen) atoms. The van der Waals surface area contributed by atoms with Crippen LogP contribution in [0.4, 0.5) is 0 Å². The Balaban J connectivity index is 1.62. The van der Waals surface area contributed by atoms with E-state index < -0.39 is 0 Å². The third kappa shape index (κ3) is 2.56. The number of rotatable bonds is 1. The van der Waals surface area contributed by atoms with Crippen molar-refractivity contribution in [2.45, 2.75) is 64.5 Å². The second-order valence-electron chi connectivity index (χ2n) is 6.52. The van der Waals surface area contributed by atoms with Crippen molar-refractivity contribution in [3.63, 3.8) is 0 Å². The number of amidine groups is 1. The van der Waals surface area contributed by atoms with Crippen LogP contribution in [0.25, 0.3) is 0 Å². The second-order valence-corrected chi connectivity index (χ2v) is 7.53. The van der Waals surface area contributed by atoms with Crippen LogP contribution in [-0.2, 0) is 0 Å². The quantitative estimate of drug-likeness (QED) is 0.783. The molecule has 0 saturated heterocycles. The lowest BCUT2D eigenvalue weighted by atomic mass is 9.78. The Hall–Kier alpha value is -0.180. The summed E-state index contributed by atoms with van der Waals surface area (Å²) in [4.78, 5) is 4.97. The lowest BCUT2D eigenvalue weighted by Crippen LogP contribution is -2.44. The molecule has 2 saturated carbocycles. The highest BCUT2D eigenvalue weighted by Gasteiger charge is 2.33. The summed E-state index contributed by atoms with van der Waals surface area (Å²) in [5.41, 5.74) is 0. The lowest BCUT2D eigenvalue weighted by Gasteiger charge is -2.36. The van der Waals surface area contributed by atoms with E-state index in [4.69, 9.17) is 4.99 Å². The van der Waals surface area contributed by atoms with Crippen molar-refractivity contribution < 1.29 is 0 Å². The van der Waals surface area contributed by atoms with Crippen LogP contribution in [0.5, 0.6) is 0 Å². The average Bonchev–Trinajstić information content (AvgIpc) is 2.82. The van der Waals surface area contributed by atoms with Gasteiger partial charge in [-0.1, -0.05) is 44.9 Å². The lowest BCUT2D eigenvalue weighted by molar-refractivity contribution is 0.225. The van der Waals surface area contributed by atoms with Crippen molar-refractivity contribution in [3.8, 4) is 0 Å². The van der Waals surface area contributed by atoms with Crippen LogP contribution in [0.2, 0.25) is 0 Å². The van der Waals surface area contributed by atoms with Crippen molar-refractivity contribution in [1.29, 1.82) is 0 Å². The van der Waals surface area contributed by atoms with Crippen LogP contribution < -0.4 is 5.32 Å². The Bertz CT molecular complexity index is 328. The predicted octanol–water partition coefficient (Wildman–Crippen LogP) is 3.67. The molecule has 0 radical (unpaired) electrons. The van der Waals surface area contributed by atoms with Gasteiger partial charge in [0.1, 0.15) is 0 Å². The minimum Gasteiger partial charge on any atom is -0.362 e. The summed E-state index contributed by atoms with van der Waals surface area (Å²) in [7, 11) is 0. The van der Waals surface area contributed by atoms with Gasteiger partial charge in [0.15, 0.2) is 5.17 Å². The van der Waals surface area contributed by atoms with Crippen LogP contribution in [0.1, 0.15) is 52.4 Å². The number of nitrogens with one attached hydrogen (secondary N) is 1. The maximum Gasteiger partial charge on any atom is 0.157 e. The summed E-state index contributed by atoms with van der Waals surface area (Å²) in [5.74, 6) is 3.84. The van der Waals surface area contributed by atoms with Gasteiger partial charge in [0.05, 0.1) is 6.04 Å². The van der Waals surface area contributed by atoms with Gasteiger partial charge in [-0.25, -0.2) is 0 Å². The maximum atomic E-state index is 4.97. The molecule has 0 aromatic rings. The molecule has 3 rings (SSSR count). The Kier molecular flexibility index (Phi) is 3.88. The van der Waals surface area contributed by atoms with Crippen LogP contribution in [-0.4, -0.2) is 23.0 Å². The van der Waals surface area contributed by atoms with E-state index >= 15 is 0 Å². The minimum absolute atomic E-state index is 0.644. The molecule has 2 fully saturated rings. The minimum atomic E-state index is 0.644. The molecular formula is C15H26N2S. The van der Waals surface area contributed by atoms with Gasteiger partial charge in [-0.15, -0.1) is 0 Å². The first kappa shape index (κ1) is 12.8. The van der Waals surface area contributed by atoms with Crippen molar-refractivity contribution in [3.05, 3.63) is 0 Å². The first-order valence-electron chi connectivity index (χ1n) is 7.71. The largest absolute Gasteiger partial charge is 0.362 e. The summed E-state index contributed by atoms with van der Waals surface area (Å²) < 4.78 is 0. The Morgan fingerprint density at radius 1 is 1.11 bits per heavy atom. The summed E-state index contributed by atoms with van der Waals surface area (Å²) >= 11 is 1.98. The highest BCUT2D eigenvalue weighted by Crippen LogP contribution is 2.36. The number of hydrogen-bond acceptors (Lipinski definition) is 3. The van der Waals surface area contributed by atoms with E-state index in [1.807, 2.05) is 11.8 Å². The summed E-state index contributed by atoms with van der Waals surface area (Å²) in [6, 6.07) is 1.31. The van der Waals surface area contributed by atoms with Crippen LogP contribution >= 0.6 is 11.8 Å². The van der Waals surface area contributed by atoms with Gasteiger partial charge in [0.25, 0.3) is 0 Å². The number of nitrogens with zero attached hydrogens (tertiary/aromatic N) is 1. The van der Waals surface area contributed by atoms with Gasteiger partial charge in [-0.2, -0.15) is 0 Å². The highest BCUT2D eigenvalue weighted by molar-refractivity contribution is 8.13. The molecule has 3 heteroatoms. The van der Waals surface area contributed by atoms with Gasteiger partial charge in [-0.3, -0.25) is 4.99 Å². The summed E-state index contributed by atoms with van der Waals surface area (Å²) in [5, 5.41) is 5.02. The first-order valence-corrected chi connectivity index (χ1v) is 8.69. The zero-order valence-corrected chi connectivity index (χ0v) is 12.5. The molecule has 5 atom stereocenters. The monoisotopic (exact) mass is 266 g/mol. The van der Waals surface area contributed by atoms with E-state index in [-0.39, 0.29) is 0 Å². The van der Waals surface area contributed by atoms with E-state index in [0.717, 1.165) is 17.8 Å². The molecule has 102 valence electrons. The molecule has 0 aromatic heterocycles. The fraction of sp³-hybridized carbons (Fsp3) is 0.933. The zero-order chi connectivity index (χ0) is 12.5. The fourth-order valence-corrected chi connectivity index (χ4v) is 4.98. The summed E-state index contributed by atoms with van der Waals surface area (Å²) in [6.45, 7) is 4.81. The Morgan fingerprint density at radius 2 is 1.94 bits per heavy atom. The fourth-order valence-electron chi connectivity index (χ4n) is 3.78. The van der Waals surface area contributed by atoms with Crippen molar-refractivity contribution in [2.24, 2.45) is 22.7 Å². The molecule has 2 nitrogen and oxygen atoms in total. The number of fused-ring (bicyclic) bond motifs is 1. The van der Waals surface area contributed by atoms with E-state index in [0.29, 0.717) is 12.1 Å². The molecular weight excluding hydrogens is 240 g/mol. The second kappa shape index (κ2) is 5.44. The smallest absolute Gasteiger partial charge is 0.157 e. The maximum absolute atomic E-state index is 4.97. The molecule has 3 aliphatic rings. The van der Waals surface area contributed by atoms with Gasteiger partial charge in [-0.05, 0) is 37.0 Å². The third-order valence-corrected chi connectivity index (χ3v) is 6.44. The third-order valence-electron chi connectivity index (χ3n) is 5.35. The SMILES string of the molecule is CC1CCCC(NC2=NC3CCCC3CS2)C1C. The topological polar surface area (TPSA) is 24.4 Å². The molecule has 2 aliphatic carbocycles. The Labute approximate surface area is 115 Å². The van der Waals surface area contributed by atoms with Crippen LogP contribution in [0.3, 0.4) is 0 Å². The van der Waals surface area contributed by atoms with E-state index in [1.54, 1.807) is 0 Å². The molecule has 1 N–H and O–H groups in total. The van der Waals surface area contributed by atoms with Crippen molar-refractivity contribution >= 4 is 16.9 Å². The van der Waals surface area contributed by atoms with Gasteiger partial charge in [0.2, 0.25) is 0 Å². The van der Waals surface area contributed by atoms with E-state index in [2.05, 4.69) is 19.2 Å². The average molecular weight is 266 g/mol. The summed E-state index contributed by atoms with van der Waals surface area (Å²) in [6.07, 6.45) is 8.25. The molecule has 0 aromatic carbocycles. The van der Waals surface area contributed by atoms with Gasteiger partial charge >= 0.3 is 0 Å². The normalized spacial score (nSPS) is 44.3. The zero-order valence-electron chi connectivity index (χ0n) is 11.7. The van der Waals surface area contributed by atoms with E-state index in [1.165, 1.54) is 49.4 Å². The van der Waals surface area contributed by atoms with Crippen LogP contribution in [0, 0.1) is 17.8 Å². The molecule has 0 spiro atoms. The molecule has 0 amide bonds. The number of hydrogen-bond donors (Lipinski definition) is 1.